The second-order valence-corrected chi connectivity index (χ2v) is 4.74. The molecule has 0 aromatic heterocycles. The predicted molar refractivity (Wildman–Crippen MR) is 67.3 cm³/mol. The number of carbonyl (C=O) groups excluding carboxylic acids is 1. The summed E-state index contributed by atoms with van der Waals surface area (Å²) in [6, 6.07) is 6.04. The van der Waals surface area contributed by atoms with Crippen molar-refractivity contribution in [3.63, 3.8) is 0 Å². The Bertz CT molecular complexity index is 458. The molecule has 3 rings (SSSR count). The Balaban J connectivity index is 2.06. The van der Waals surface area contributed by atoms with Crippen LogP contribution >= 0.6 is 0 Å². The van der Waals surface area contributed by atoms with Crippen LogP contribution in [0.5, 0.6) is 0 Å². The fourth-order valence-electron chi connectivity index (χ4n) is 2.61. The van der Waals surface area contributed by atoms with Gasteiger partial charge in [-0.25, -0.2) is 0 Å². The summed E-state index contributed by atoms with van der Waals surface area (Å²) in [7, 11) is 0. The maximum absolute atomic E-state index is 12.0. The van der Waals surface area contributed by atoms with E-state index in [-0.39, 0.29) is 12.1 Å². The van der Waals surface area contributed by atoms with Crippen LogP contribution < -0.4 is 15.5 Å². The molecule has 0 spiro atoms. The summed E-state index contributed by atoms with van der Waals surface area (Å²) in [5.74, 6) is 0.0585. The fourth-order valence-corrected chi connectivity index (χ4v) is 2.61. The van der Waals surface area contributed by atoms with Crippen molar-refractivity contribution in [1.82, 2.24) is 10.6 Å². The van der Waals surface area contributed by atoms with Crippen molar-refractivity contribution >= 4 is 11.6 Å². The molecule has 1 aromatic rings. The molecular formula is C13H17N3O. The highest BCUT2D eigenvalue weighted by Gasteiger charge is 2.31. The molecule has 1 unspecified atom stereocenters. The Morgan fingerprint density at radius 3 is 3.12 bits per heavy atom. The monoisotopic (exact) mass is 231 g/mol. The lowest BCUT2D eigenvalue weighted by molar-refractivity contribution is 0.0926. The minimum absolute atomic E-state index is 0.0585. The Morgan fingerprint density at radius 1 is 1.35 bits per heavy atom. The number of anilines is 1. The van der Waals surface area contributed by atoms with Crippen LogP contribution in [0.15, 0.2) is 18.2 Å². The molecule has 4 heteroatoms. The summed E-state index contributed by atoms with van der Waals surface area (Å²) < 4.78 is 0. The molecule has 0 saturated carbocycles. The van der Waals surface area contributed by atoms with Gasteiger partial charge in [0.15, 0.2) is 0 Å². The molecule has 2 N–H and O–H groups in total. The molecule has 0 bridgehead atoms. The van der Waals surface area contributed by atoms with Crippen LogP contribution in [0.25, 0.3) is 0 Å². The summed E-state index contributed by atoms with van der Waals surface area (Å²) >= 11 is 0. The second-order valence-electron chi connectivity index (χ2n) is 4.74. The normalized spacial score (nSPS) is 23.5. The van der Waals surface area contributed by atoms with E-state index in [4.69, 9.17) is 0 Å². The Morgan fingerprint density at radius 2 is 2.24 bits per heavy atom. The molecule has 0 aliphatic carbocycles. The molecule has 1 fully saturated rings. The maximum Gasteiger partial charge on any atom is 0.254 e. The zero-order valence-electron chi connectivity index (χ0n) is 9.99. The number of nitrogens with one attached hydrogen (secondary N) is 2. The fraction of sp³-hybridized carbons (Fsp3) is 0.462. The van der Waals surface area contributed by atoms with Crippen LogP contribution in [0.3, 0.4) is 0 Å². The van der Waals surface area contributed by atoms with Crippen molar-refractivity contribution in [1.29, 1.82) is 0 Å². The van der Waals surface area contributed by atoms with E-state index in [2.05, 4.69) is 28.5 Å². The van der Waals surface area contributed by atoms with Crippen LogP contribution in [-0.2, 0) is 0 Å². The Labute approximate surface area is 101 Å². The molecule has 1 aromatic carbocycles. The third kappa shape index (κ3) is 1.78. The van der Waals surface area contributed by atoms with E-state index < -0.39 is 0 Å². The van der Waals surface area contributed by atoms with Gasteiger partial charge in [-0.3, -0.25) is 4.79 Å². The summed E-state index contributed by atoms with van der Waals surface area (Å²) in [6.07, 6.45) is 1.10. The molecule has 4 nitrogen and oxygen atoms in total. The minimum Gasteiger partial charge on any atom is -0.349 e. The molecule has 1 atom stereocenters. The van der Waals surface area contributed by atoms with Crippen molar-refractivity contribution in [2.45, 2.75) is 19.5 Å². The first-order valence-electron chi connectivity index (χ1n) is 6.14. The first-order valence-corrected chi connectivity index (χ1v) is 6.14. The average molecular weight is 231 g/mol. The number of carbonyl (C=O) groups is 1. The lowest BCUT2D eigenvalue weighted by atomic mass is 10.0. The van der Waals surface area contributed by atoms with Crippen LogP contribution in [0, 0.1) is 6.92 Å². The quantitative estimate of drug-likeness (QED) is 0.696. The van der Waals surface area contributed by atoms with Gasteiger partial charge in [0.05, 0.1) is 11.3 Å². The van der Waals surface area contributed by atoms with Gasteiger partial charge in [0, 0.05) is 13.1 Å². The molecule has 2 aliphatic heterocycles. The smallest absolute Gasteiger partial charge is 0.254 e. The number of hydrogen-bond donors (Lipinski definition) is 2. The van der Waals surface area contributed by atoms with E-state index in [1.54, 1.807) is 0 Å². The molecule has 2 aliphatic rings. The first-order chi connectivity index (χ1) is 8.25. The van der Waals surface area contributed by atoms with Crippen LogP contribution in [0.2, 0.25) is 0 Å². The van der Waals surface area contributed by atoms with E-state index in [1.165, 1.54) is 5.56 Å². The zero-order valence-corrected chi connectivity index (χ0v) is 9.99. The third-order valence-corrected chi connectivity index (χ3v) is 3.51. The van der Waals surface area contributed by atoms with Gasteiger partial charge in [-0.05, 0) is 37.6 Å². The van der Waals surface area contributed by atoms with E-state index in [0.717, 1.165) is 37.3 Å². The highest BCUT2D eigenvalue weighted by Crippen LogP contribution is 2.28. The first kappa shape index (κ1) is 10.6. The summed E-state index contributed by atoms with van der Waals surface area (Å²) in [5, 5.41) is 6.45. The van der Waals surface area contributed by atoms with Crippen LogP contribution in [0.1, 0.15) is 22.3 Å². The molecule has 17 heavy (non-hydrogen) atoms. The van der Waals surface area contributed by atoms with E-state index in [9.17, 15) is 4.79 Å². The lowest BCUT2D eigenvalue weighted by Crippen LogP contribution is -2.53. The van der Waals surface area contributed by atoms with Crippen LogP contribution in [-0.4, -0.2) is 31.7 Å². The largest absolute Gasteiger partial charge is 0.349 e. The summed E-state index contributed by atoms with van der Waals surface area (Å²) in [6.45, 7) is 4.95. The number of aryl methyl sites for hydroxylation is 1. The lowest BCUT2D eigenvalue weighted by Gasteiger charge is -2.37. The number of rotatable bonds is 0. The van der Waals surface area contributed by atoms with Gasteiger partial charge in [0.25, 0.3) is 5.91 Å². The molecular weight excluding hydrogens is 214 g/mol. The van der Waals surface area contributed by atoms with Gasteiger partial charge < -0.3 is 15.5 Å². The number of benzene rings is 1. The van der Waals surface area contributed by atoms with Gasteiger partial charge in [0.1, 0.15) is 6.17 Å². The van der Waals surface area contributed by atoms with Gasteiger partial charge in [-0.15, -0.1) is 0 Å². The van der Waals surface area contributed by atoms with E-state index in [0.29, 0.717) is 0 Å². The molecule has 1 amide bonds. The highest BCUT2D eigenvalue weighted by atomic mass is 16.2. The third-order valence-electron chi connectivity index (χ3n) is 3.51. The minimum atomic E-state index is 0.0585. The molecule has 0 radical (unpaired) electrons. The standard InChI is InChI=1S/C13H17N3O/c1-9-2-3-10-11(8-9)16-7-6-14-5-4-12(16)15-13(10)17/h2-3,8,12,14H,4-7H2,1H3,(H,15,17). The topological polar surface area (TPSA) is 44.4 Å². The van der Waals surface area contributed by atoms with E-state index in [1.807, 2.05) is 12.1 Å². The number of nitrogens with zero attached hydrogens (tertiary/aromatic N) is 1. The average Bonchev–Trinajstić information content (AvgIpc) is 2.54. The SMILES string of the molecule is Cc1ccc2c(c1)N1CCNCCC1NC2=O. The Hall–Kier alpha value is -1.55. The van der Waals surface area contributed by atoms with Gasteiger partial charge in [-0.2, -0.15) is 0 Å². The van der Waals surface area contributed by atoms with Crippen molar-refractivity contribution in [3.05, 3.63) is 29.3 Å². The van der Waals surface area contributed by atoms with Crippen molar-refractivity contribution < 1.29 is 4.79 Å². The number of hydrogen-bond acceptors (Lipinski definition) is 3. The van der Waals surface area contributed by atoms with Crippen molar-refractivity contribution in [3.8, 4) is 0 Å². The van der Waals surface area contributed by atoms with Crippen molar-refractivity contribution in [2.24, 2.45) is 0 Å². The maximum atomic E-state index is 12.0. The number of fused-ring (bicyclic) bond motifs is 3. The zero-order chi connectivity index (χ0) is 11.8. The highest BCUT2D eigenvalue weighted by molar-refractivity contribution is 6.02. The summed E-state index contributed by atoms with van der Waals surface area (Å²) in [4.78, 5) is 14.3. The second kappa shape index (κ2) is 4.04. The molecule has 1 saturated heterocycles. The van der Waals surface area contributed by atoms with Gasteiger partial charge in [-0.1, -0.05) is 6.07 Å². The number of amides is 1. The van der Waals surface area contributed by atoms with Gasteiger partial charge >= 0.3 is 0 Å². The summed E-state index contributed by atoms with van der Waals surface area (Å²) in [5.41, 5.74) is 3.09. The van der Waals surface area contributed by atoms with Gasteiger partial charge in [0.2, 0.25) is 0 Å². The predicted octanol–water partition coefficient (Wildman–Crippen LogP) is 0.864. The van der Waals surface area contributed by atoms with Crippen LogP contribution in [0.4, 0.5) is 5.69 Å². The van der Waals surface area contributed by atoms with E-state index >= 15 is 0 Å². The molecule has 2 heterocycles. The molecule has 90 valence electrons. The van der Waals surface area contributed by atoms with Crippen molar-refractivity contribution in [2.75, 3.05) is 24.5 Å². The Kier molecular flexibility index (Phi) is 2.52.